The standard InChI is InChI=1S/C23H29BrO/c1-5-8-18(9-6-2)14-19-10-12-23(13-11-19)16-17(4)21(22(23)25)15-20(24)7-3/h5-9,15,19H,1,3,10-14,16H2,2,4H3/b9-6-,18-8+,20-15+. The van der Waals surface area contributed by atoms with Gasteiger partial charge in [0.2, 0.25) is 0 Å². The van der Waals surface area contributed by atoms with E-state index in [2.05, 4.69) is 61.2 Å². The van der Waals surface area contributed by atoms with Gasteiger partial charge >= 0.3 is 0 Å². The minimum Gasteiger partial charge on any atom is -0.294 e. The Hall–Kier alpha value is -1.41. The highest BCUT2D eigenvalue weighted by atomic mass is 79.9. The van der Waals surface area contributed by atoms with Gasteiger partial charge in [-0.25, -0.2) is 0 Å². The Labute approximate surface area is 161 Å². The topological polar surface area (TPSA) is 17.1 Å². The summed E-state index contributed by atoms with van der Waals surface area (Å²) in [5.41, 5.74) is 3.31. The number of allylic oxidation sites excluding steroid dienone is 10. The van der Waals surface area contributed by atoms with Crippen LogP contribution in [0.2, 0.25) is 0 Å². The largest absolute Gasteiger partial charge is 0.294 e. The van der Waals surface area contributed by atoms with E-state index < -0.39 is 0 Å². The van der Waals surface area contributed by atoms with Crippen LogP contribution in [0.4, 0.5) is 0 Å². The molecule has 0 aromatic heterocycles. The zero-order chi connectivity index (χ0) is 18.4. The monoisotopic (exact) mass is 400 g/mol. The molecule has 25 heavy (non-hydrogen) atoms. The smallest absolute Gasteiger partial charge is 0.169 e. The summed E-state index contributed by atoms with van der Waals surface area (Å²) in [6.45, 7) is 11.7. The SMILES string of the molecule is C=C/C=C(\C=C/C)CC1CCC2(CC1)CC(C)=C(/C=C(/Br)C=C)C2=O. The van der Waals surface area contributed by atoms with Crippen LogP contribution in [-0.4, -0.2) is 5.78 Å². The van der Waals surface area contributed by atoms with Gasteiger partial charge in [-0.2, -0.15) is 0 Å². The number of hydrogen-bond donors (Lipinski definition) is 0. The van der Waals surface area contributed by atoms with Gasteiger partial charge in [0.05, 0.1) is 0 Å². The first-order valence-electron chi connectivity index (χ1n) is 9.14. The fourth-order valence-electron chi connectivity index (χ4n) is 4.28. The second-order valence-electron chi connectivity index (χ2n) is 7.34. The van der Waals surface area contributed by atoms with Crippen LogP contribution in [-0.2, 0) is 4.79 Å². The van der Waals surface area contributed by atoms with E-state index in [1.54, 1.807) is 6.08 Å². The zero-order valence-electron chi connectivity index (χ0n) is 15.5. The number of carbonyl (C=O) groups excluding carboxylic acids is 1. The van der Waals surface area contributed by atoms with Gasteiger partial charge in [-0.3, -0.25) is 4.79 Å². The molecule has 0 bridgehead atoms. The molecule has 0 aromatic rings. The second-order valence-corrected chi connectivity index (χ2v) is 8.25. The normalized spacial score (nSPS) is 28.3. The van der Waals surface area contributed by atoms with Crippen LogP contribution in [0, 0.1) is 11.3 Å². The number of halogens is 1. The van der Waals surface area contributed by atoms with E-state index in [0.717, 1.165) is 48.6 Å². The van der Waals surface area contributed by atoms with Crippen molar-refractivity contribution in [3.63, 3.8) is 0 Å². The molecule has 0 N–H and O–H groups in total. The maximum atomic E-state index is 13.1. The summed E-state index contributed by atoms with van der Waals surface area (Å²) < 4.78 is 0.881. The third kappa shape index (κ3) is 4.61. The van der Waals surface area contributed by atoms with Crippen LogP contribution in [0.25, 0.3) is 0 Å². The van der Waals surface area contributed by atoms with E-state index >= 15 is 0 Å². The van der Waals surface area contributed by atoms with Gasteiger partial charge in [0.1, 0.15) is 0 Å². The molecule has 0 atom stereocenters. The van der Waals surface area contributed by atoms with Crippen LogP contribution in [0.3, 0.4) is 0 Å². The van der Waals surface area contributed by atoms with Crippen molar-refractivity contribution in [2.24, 2.45) is 11.3 Å². The van der Waals surface area contributed by atoms with Crippen molar-refractivity contribution < 1.29 is 4.79 Å². The second kappa shape index (κ2) is 8.80. The van der Waals surface area contributed by atoms with Crippen molar-refractivity contribution in [3.05, 3.63) is 70.8 Å². The summed E-state index contributed by atoms with van der Waals surface area (Å²) in [5, 5.41) is 0. The lowest BCUT2D eigenvalue weighted by Crippen LogP contribution is -2.33. The first-order valence-corrected chi connectivity index (χ1v) is 9.93. The Balaban J connectivity index is 2.05. The van der Waals surface area contributed by atoms with Crippen LogP contribution in [0.1, 0.15) is 52.4 Å². The number of ketones is 1. The highest BCUT2D eigenvalue weighted by Crippen LogP contribution is 2.51. The van der Waals surface area contributed by atoms with Gasteiger partial charge in [-0.1, -0.05) is 65.0 Å². The first-order chi connectivity index (χ1) is 12.0. The van der Waals surface area contributed by atoms with Crippen LogP contribution in [0.15, 0.2) is 70.8 Å². The molecule has 1 saturated carbocycles. The maximum absolute atomic E-state index is 13.1. The number of Topliss-reactive ketones (excluding diaryl/α,β-unsaturated/α-hetero) is 1. The van der Waals surface area contributed by atoms with Crippen molar-refractivity contribution in [1.29, 1.82) is 0 Å². The number of carbonyl (C=O) groups is 1. The maximum Gasteiger partial charge on any atom is 0.169 e. The Morgan fingerprint density at radius 1 is 1.32 bits per heavy atom. The third-order valence-corrected chi connectivity index (χ3v) is 6.12. The molecule has 0 aromatic carbocycles. The number of hydrogen-bond acceptors (Lipinski definition) is 1. The summed E-state index contributed by atoms with van der Waals surface area (Å²) in [7, 11) is 0. The van der Waals surface area contributed by atoms with Crippen molar-refractivity contribution in [1.82, 2.24) is 0 Å². The molecule has 0 aliphatic heterocycles. The van der Waals surface area contributed by atoms with E-state index in [1.807, 2.05) is 12.2 Å². The lowest BCUT2D eigenvalue weighted by molar-refractivity contribution is -0.125. The molecule has 0 amide bonds. The highest BCUT2D eigenvalue weighted by Gasteiger charge is 2.46. The molecular weight excluding hydrogens is 372 g/mol. The van der Waals surface area contributed by atoms with Crippen LogP contribution < -0.4 is 0 Å². The predicted molar refractivity (Wildman–Crippen MR) is 112 cm³/mol. The molecule has 0 unspecified atom stereocenters. The van der Waals surface area contributed by atoms with Gasteiger partial charge in [0.15, 0.2) is 5.78 Å². The molecule has 1 nitrogen and oxygen atoms in total. The predicted octanol–water partition coefficient (Wildman–Crippen LogP) is 7.00. The average Bonchev–Trinajstić information content (AvgIpc) is 2.81. The summed E-state index contributed by atoms with van der Waals surface area (Å²) in [4.78, 5) is 13.1. The number of rotatable bonds is 6. The summed E-state index contributed by atoms with van der Waals surface area (Å²) in [5.74, 6) is 1.01. The fourth-order valence-corrected chi connectivity index (χ4v) is 4.51. The molecule has 134 valence electrons. The molecular formula is C23H29BrO. The van der Waals surface area contributed by atoms with Gasteiger partial charge in [0.25, 0.3) is 0 Å². The summed E-state index contributed by atoms with van der Waals surface area (Å²) >= 11 is 3.46. The summed E-state index contributed by atoms with van der Waals surface area (Å²) in [6, 6.07) is 0. The van der Waals surface area contributed by atoms with E-state index in [-0.39, 0.29) is 5.41 Å². The molecule has 2 aliphatic carbocycles. The van der Waals surface area contributed by atoms with Crippen molar-refractivity contribution in [3.8, 4) is 0 Å². The minimum absolute atomic E-state index is 0.149. The van der Waals surface area contributed by atoms with Crippen LogP contribution in [0.5, 0.6) is 0 Å². The average molecular weight is 401 g/mol. The fraction of sp³-hybridized carbons (Fsp3) is 0.435. The molecule has 1 spiro atoms. The zero-order valence-corrected chi connectivity index (χ0v) is 17.1. The molecule has 0 saturated heterocycles. The lowest BCUT2D eigenvalue weighted by atomic mass is 9.66. The van der Waals surface area contributed by atoms with Gasteiger partial charge in [-0.15, -0.1) is 0 Å². The Morgan fingerprint density at radius 3 is 2.56 bits per heavy atom. The third-order valence-electron chi connectivity index (χ3n) is 5.57. The molecule has 0 radical (unpaired) electrons. The Kier molecular flexibility index (Phi) is 7.01. The molecule has 1 fully saturated rings. The van der Waals surface area contributed by atoms with Crippen molar-refractivity contribution in [2.75, 3.05) is 0 Å². The lowest BCUT2D eigenvalue weighted by Gasteiger charge is -2.36. The van der Waals surface area contributed by atoms with Crippen LogP contribution >= 0.6 is 15.9 Å². The van der Waals surface area contributed by atoms with Gasteiger partial charge < -0.3 is 0 Å². The van der Waals surface area contributed by atoms with E-state index in [4.69, 9.17) is 0 Å². The Morgan fingerprint density at radius 2 is 2.00 bits per heavy atom. The van der Waals surface area contributed by atoms with Crippen molar-refractivity contribution in [2.45, 2.75) is 52.4 Å². The van der Waals surface area contributed by atoms with E-state index in [0.29, 0.717) is 11.7 Å². The minimum atomic E-state index is -0.149. The summed E-state index contributed by atoms with van der Waals surface area (Å²) in [6.07, 6.45) is 18.2. The highest BCUT2D eigenvalue weighted by molar-refractivity contribution is 9.11. The van der Waals surface area contributed by atoms with Crippen molar-refractivity contribution >= 4 is 21.7 Å². The van der Waals surface area contributed by atoms with E-state index in [1.165, 1.54) is 11.1 Å². The quantitative estimate of drug-likeness (QED) is 0.438. The molecule has 2 rings (SSSR count). The van der Waals surface area contributed by atoms with E-state index in [9.17, 15) is 4.79 Å². The molecule has 2 aliphatic rings. The molecule has 0 heterocycles. The van der Waals surface area contributed by atoms with Gasteiger partial charge in [0, 0.05) is 15.5 Å². The first kappa shape index (κ1) is 19.9. The Bertz CT molecular complexity index is 664. The van der Waals surface area contributed by atoms with Gasteiger partial charge in [-0.05, 0) is 69.9 Å². The molecule has 2 heteroatoms.